The maximum Gasteiger partial charge on any atom is 0.393 e. The van der Waals surface area contributed by atoms with Crippen LogP contribution < -0.4 is 5.32 Å². The van der Waals surface area contributed by atoms with E-state index in [1.54, 1.807) is 0 Å². The van der Waals surface area contributed by atoms with E-state index in [1.165, 1.54) is 0 Å². The molecular weight excluding hydrogens is 243 g/mol. The lowest BCUT2D eigenvalue weighted by Gasteiger charge is -2.42. The first-order chi connectivity index (χ1) is 8.50. The number of halogens is 3. The van der Waals surface area contributed by atoms with Gasteiger partial charge in [-0.1, -0.05) is 12.8 Å². The van der Waals surface area contributed by atoms with Crippen molar-refractivity contribution in [2.45, 2.75) is 69.8 Å². The summed E-state index contributed by atoms with van der Waals surface area (Å²) in [4.78, 5) is 0. The maximum atomic E-state index is 12.9. The van der Waals surface area contributed by atoms with Gasteiger partial charge < -0.3 is 10.1 Å². The Kier molecular flexibility index (Phi) is 4.54. The molecule has 18 heavy (non-hydrogen) atoms. The van der Waals surface area contributed by atoms with E-state index in [0.29, 0.717) is 19.4 Å². The normalized spacial score (nSPS) is 37.3. The summed E-state index contributed by atoms with van der Waals surface area (Å²) in [6, 6.07) is -0.166. The van der Waals surface area contributed by atoms with Crippen LogP contribution in [0.25, 0.3) is 0 Å². The smallest absolute Gasteiger partial charge is 0.378 e. The molecule has 0 aromatic rings. The molecule has 2 atom stereocenters. The van der Waals surface area contributed by atoms with Crippen molar-refractivity contribution in [3.63, 3.8) is 0 Å². The van der Waals surface area contributed by atoms with Gasteiger partial charge in [0.2, 0.25) is 0 Å². The highest BCUT2D eigenvalue weighted by molar-refractivity contribution is 4.93. The van der Waals surface area contributed by atoms with Gasteiger partial charge in [-0.25, -0.2) is 0 Å². The Morgan fingerprint density at radius 3 is 2.44 bits per heavy atom. The summed E-state index contributed by atoms with van der Waals surface area (Å²) < 4.78 is 44.1. The molecule has 106 valence electrons. The van der Waals surface area contributed by atoms with Gasteiger partial charge in [0, 0.05) is 18.7 Å². The average Bonchev–Trinajstić information content (AvgIpc) is 2.25. The average molecular weight is 265 g/mol. The molecule has 5 heteroatoms. The Bertz CT molecular complexity index is 263. The van der Waals surface area contributed by atoms with Crippen LogP contribution in [0.15, 0.2) is 0 Å². The maximum absolute atomic E-state index is 12.9. The van der Waals surface area contributed by atoms with Gasteiger partial charge in [0.25, 0.3) is 0 Å². The van der Waals surface area contributed by atoms with Crippen LogP contribution in [0, 0.1) is 5.92 Å². The van der Waals surface area contributed by atoms with Crippen LogP contribution in [-0.4, -0.2) is 31.0 Å². The van der Waals surface area contributed by atoms with Crippen LogP contribution in [0.3, 0.4) is 0 Å². The molecule has 0 aromatic heterocycles. The van der Waals surface area contributed by atoms with Crippen molar-refractivity contribution in [3.05, 3.63) is 0 Å². The molecule has 2 aliphatic carbocycles. The molecule has 2 unspecified atom stereocenters. The standard InChI is InChI=1S/C13H22F3NO/c1-2-18-10-7-9(8-10)17-12-6-4-3-5-11(12)13(14,15)16/h9-12,17H,2-8H2,1H3. The SMILES string of the molecule is CCOC1CC(NC2CCCCC2C(F)(F)F)C1. The number of alkyl halides is 3. The second-order valence-corrected chi connectivity index (χ2v) is 5.45. The molecule has 2 aliphatic rings. The molecule has 2 rings (SSSR count). The molecule has 1 N–H and O–H groups in total. The minimum absolute atomic E-state index is 0.217. The molecule has 0 spiro atoms. The topological polar surface area (TPSA) is 21.3 Å². The Morgan fingerprint density at radius 1 is 1.17 bits per heavy atom. The Hall–Kier alpha value is -0.290. The Balaban J connectivity index is 1.80. The molecule has 2 saturated carbocycles. The van der Waals surface area contributed by atoms with Crippen LogP contribution in [0.2, 0.25) is 0 Å². The van der Waals surface area contributed by atoms with Gasteiger partial charge >= 0.3 is 6.18 Å². The highest BCUT2D eigenvalue weighted by atomic mass is 19.4. The van der Waals surface area contributed by atoms with Crippen molar-refractivity contribution in [1.82, 2.24) is 5.32 Å². The lowest BCUT2D eigenvalue weighted by Crippen LogP contribution is -2.54. The summed E-state index contributed by atoms with van der Waals surface area (Å²) in [5.74, 6) is -1.16. The van der Waals surface area contributed by atoms with Gasteiger partial charge in [0.15, 0.2) is 0 Å². The first kappa shape index (κ1) is 14.1. The molecule has 0 saturated heterocycles. The lowest BCUT2D eigenvalue weighted by molar-refractivity contribution is -0.190. The first-order valence-corrected chi connectivity index (χ1v) is 6.95. The van der Waals surface area contributed by atoms with E-state index < -0.39 is 12.1 Å². The van der Waals surface area contributed by atoms with Gasteiger partial charge in [-0.05, 0) is 32.6 Å². The van der Waals surface area contributed by atoms with E-state index in [0.717, 1.165) is 19.3 Å². The molecular formula is C13H22F3NO. The summed E-state index contributed by atoms with van der Waals surface area (Å²) >= 11 is 0. The zero-order chi connectivity index (χ0) is 13.2. The van der Waals surface area contributed by atoms with Crippen LogP contribution in [0.4, 0.5) is 13.2 Å². The number of rotatable bonds is 4. The van der Waals surface area contributed by atoms with Crippen molar-refractivity contribution in [2.75, 3.05) is 6.61 Å². The summed E-state index contributed by atoms with van der Waals surface area (Å²) in [6.07, 6.45) is 0.453. The molecule has 2 nitrogen and oxygen atoms in total. The third-order valence-electron chi connectivity index (χ3n) is 4.13. The van der Waals surface area contributed by atoms with E-state index in [2.05, 4.69) is 5.32 Å². The second kappa shape index (κ2) is 5.78. The minimum atomic E-state index is -4.05. The predicted octanol–water partition coefficient (Wildman–Crippen LogP) is 3.26. The zero-order valence-corrected chi connectivity index (χ0v) is 10.8. The van der Waals surface area contributed by atoms with Crippen molar-refractivity contribution in [2.24, 2.45) is 5.92 Å². The molecule has 0 bridgehead atoms. The highest BCUT2D eigenvalue weighted by Crippen LogP contribution is 2.38. The highest BCUT2D eigenvalue weighted by Gasteiger charge is 2.46. The Morgan fingerprint density at radius 2 is 1.83 bits per heavy atom. The molecule has 2 fully saturated rings. The van der Waals surface area contributed by atoms with Crippen LogP contribution >= 0.6 is 0 Å². The number of hydrogen-bond donors (Lipinski definition) is 1. The number of nitrogens with one attached hydrogen (secondary N) is 1. The van der Waals surface area contributed by atoms with E-state index in [1.807, 2.05) is 6.92 Å². The monoisotopic (exact) mass is 265 g/mol. The summed E-state index contributed by atoms with van der Waals surface area (Å²) in [5.41, 5.74) is 0. The van der Waals surface area contributed by atoms with Crippen LogP contribution in [0.5, 0.6) is 0 Å². The Labute approximate surface area is 106 Å². The largest absolute Gasteiger partial charge is 0.393 e. The summed E-state index contributed by atoms with van der Waals surface area (Å²) in [6.45, 7) is 2.63. The van der Waals surface area contributed by atoms with E-state index in [-0.39, 0.29) is 24.6 Å². The molecule has 0 radical (unpaired) electrons. The zero-order valence-electron chi connectivity index (χ0n) is 10.8. The summed E-state index contributed by atoms with van der Waals surface area (Å²) in [7, 11) is 0. The minimum Gasteiger partial charge on any atom is -0.378 e. The van der Waals surface area contributed by atoms with Crippen molar-refractivity contribution < 1.29 is 17.9 Å². The van der Waals surface area contributed by atoms with E-state index in [4.69, 9.17) is 4.74 Å². The second-order valence-electron chi connectivity index (χ2n) is 5.45. The fraction of sp³-hybridized carbons (Fsp3) is 1.00. The quantitative estimate of drug-likeness (QED) is 0.842. The van der Waals surface area contributed by atoms with Crippen molar-refractivity contribution in [1.29, 1.82) is 0 Å². The van der Waals surface area contributed by atoms with E-state index in [9.17, 15) is 13.2 Å². The van der Waals surface area contributed by atoms with Crippen LogP contribution in [0.1, 0.15) is 45.4 Å². The number of ether oxygens (including phenoxy) is 1. The third kappa shape index (κ3) is 3.38. The van der Waals surface area contributed by atoms with Crippen molar-refractivity contribution >= 4 is 0 Å². The van der Waals surface area contributed by atoms with Crippen LogP contribution in [-0.2, 0) is 4.74 Å². The fourth-order valence-corrected chi connectivity index (χ4v) is 3.10. The fourth-order valence-electron chi connectivity index (χ4n) is 3.10. The predicted molar refractivity (Wildman–Crippen MR) is 63.4 cm³/mol. The summed E-state index contributed by atoms with van der Waals surface area (Å²) in [5, 5.41) is 3.20. The van der Waals surface area contributed by atoms with Gasteiger partial charge in [-0.2, -0.15) is 13.2 Å². The molecule has 0 amide bonds. The third-order valence-corrected chi connectivity index (χ3v) is 4.13. The molecule has 0 aliphatic heterocycles. The van der Waals surface area contributed by atoms with Gasteiger partial charge in [-0.15, -0.1) is 0 Å². The van der Waals surface area contributed by atoms with Gasteiger partial charge in [0.1, 0.15) is 0 Å². The molecule has 0 aromatic carbocycles. The van der Waals surface area contributed by atoms with Crippen molar-refractivity contribution in [3.8, 4) is 0 Å². The van der Waals surface area contributed by atoms with E-state index >= 15 is 0 Å². The number of hydrogen-bond acceptors (Lipinski definition) is 2. The molecule has 0 heterocycles. The van der Waals surface area contributed by atoms with Gasteiger partial charge in [0.05, 0.1) is 12.0 Å². The first-order valence-electron chi connectivity index (χ1n) is 6.95. The lowest BCUT2D eigenvalue weighted by atomic mass is 9.81. The van der Waals surface area contributed by atoms with Gasteiger partial charge in [-0.3, -0.25) is 0 Å².